The summed E-state index contributed by atoms with van der Waals surface area (Å²) in [7, 11) is 3.04. The Morgan fingerprint density at radius 2 is 1.57 bits per heavy atom. The van der Waals surface area contributed by atoms with Gasteiger partial charge in [-0.1, -0.05) is 12.1 Å². The predicted octanol–water partition coefficient (Wildman–Crippen LogP) is 1.45. The average Bonchev–Trinajstić information content (AvgIpc) is 2.70. The van der Waals surface area contributed by atoms with Gasteiger partial charge in [0.15, 0.2) is 11.5 Å². The third-order valence-electron chi connectivity index (χ3n) is 3.81. The Hall–Kier alpha value is -2.82. The number of hydrogen-bond acceptors (Lipinski definition) is 5. The molecule has 0 aromatic heterocycles. The van der Waals surface area contributed by atoms with Crippen LogP contribution in [0.1, 0.15) is 26.3 Å². The Kier molecular flexibility index (Phi) is 7.61. The van der Waals surface area contributed by atoms with E-state index in [1.54, 1.807) is 36.4 Å². The molecular weight excluding hydrogens is 477 g/mol. The number of hydrogen-bond donors (Lipinski definition) is 3. The van der Waals surface area contributed by atoms with E-state index in [0.29, 0.717) is 22.6 Å². The van der Waals surface area contributed by atoms with E-state index in [-0.39, 0.29) is 19.0 Å². The number of nitrogens with one attached hydrogen (secondary N) is 2. The van der Waals surface area contributed by atoms with E-state index in [9.17, 15) is 14.4 Å². The number of amides is 3. The maximum atomic E-state index is 12.5. The van der Waals surface area contributed by atoms with Crippen molar-refractivity contribution in [1.29, 1.82) is 0 Å². The molecule has 0 fully saturated rings. The molecule has 4 N–H and O–H groups in total. The molecule has 28 heavy (non-hydrogen) atoms. The van der Waals surface area contributed by atoms with Crippen LogP contribution in [-0.2, 0) is 11.3 Å². The molecule has 3 amide bonds. The van der Waals surface area contributed by atoms with Crippen LogP contribution in [0.2, 0.25) is 0 Å². The molecule has 0 radical (unpaired) electrons. The first-order valence-electron chi connectivity index (χ1n) is 8.21. The summed E-state index contributed by atoms with van der Waals surface area (Å²) in [5.41, 5.74) is 6.68. The summed E-state index contributed by atoms with van der Waals surface area (Å²) in [6, 6.07) is 10.0. The molecule has 0 saturated heterocycles. The number of rotatable bonds is 8. The Bertz CT molecular complexity index is 884. The van der Waals surface area contributed by atoms with Gasteiger partial charge in [0.2, 0.25) is 5.91 Å². The topological polar surface area (TPSA) is 120 Å². The standard InChI is InChI=1S/C19H20IN3O5/c1-27-15-7-13(14(20)8-16(15)28-2)19(26)22-9-11-3-5-12(6-4-11)18(25)23-10-17(21)24/h3-8H,9-10H2,1-2H3,(H2,21,24)(H,22,26)(H,23,25). The zero-order valence-corrected chi connectivity index (χ0v) is 17.5. The molecule has 0 aliphatic carbocycles. The van der Waals surface area contributed by atoms with Crippen LogP contribution >= 0.6 is 22.6 Å². The lowest BCUT2D eigenvalue weighted by atomic mass is 10.1. The van der Waals surface area contributed by atoms with Gasteiger partial charge in [0.25, 0.3) is 11.8 Å². The maximum Gasteiger partial charge on any atom is 0.252 e. The normalized spacial score (nSPS) is 10.1. The number of ether oxygens (including phenoxy) is 2. The van der Waals surface area contributed by atoms with Crippen LogP contribution in [0.15, 0.2) is 36.4 Å². The lowest BCUT2D eigenvalue weighted by Gasteiger charge is -2.12. The number of nitrogens with two attached hydrogens (primary N) is 1. The van der Waals surface area contributed by atoms with Crippen LogP contribution < -0.4 is 25.8 Å². The molecule has 2 aromatic carbocycles. The molecule has 2 rings (SSSR count). The Labute approximate surface area is 175 Å². The summed E-state index contributed by atoms with van der Waals surface area (Å²) in [4.78, 5) is 35.1. The van der Waals surface area contributed by atoms with Gasteiger partial charge < -0.3 is 25.8 Å². The van der Waals surface area contributed by atoms with E-state index >= 15 is 0 Å². The van der Waals surface area contributed by atoms with Gasteiger partial charge in [-0.15, -0.1) is 0 Å². The second-order valence-corrected chi connectivity index (χ2v) is 6.88. The molecule has 0 bridgehead atoms. The number of primary amides is 1. The zero-order chi connectivity index (χ0) is 20.7. The number of carbonyl (C=O) groups excluding carboxylic acids is 3. The van der Waals surface area contributed by atoms with Crippen molar-refractivity contribution in [3.8, 4) is 11.5 Å². The fourth-order valence-corrected chi connectivity index (χ4v) is 3.03. The summed E-state index contributed by atoms with van der Waals surface area (Å²) < 4.78 is 11.2. The second-order valence-electron chi connectivity index (χ2n) is 5.72. The van der Waals surface area contributed by atoms with Gasteiger partial charge in [0.05, 0.1) is 26.3 Å². The van der Waals surface area contributed by atoms with Crippen LogP contribution in [0.3, 0.4) is 0 Å². The van der Waals surface area contributed by atoms with Crippen LogP contribution in [0.4, 0.5) is 0 Å². The van der Waals surface area contributed by atoms with Crippen molar-refractivity contribution in [3.63, 3.8) is 0 Å². The first-order chi connectivity index (χ1) is 13.3. The summed E-state index contributed by atoms with van der Waals surface area (Å²) in [5, 5.41) is 5.24. The minimum atomic E-state index is -0.613. The summed E-state index contributed by atoms with van der Waals surface area (Å²) in [5.74, 6) is -0.242. The Morgan fingerprint density at radius 1 is 0.964 bits per heavy atom. The fraction of sp³-hybridized carbons (Fsp3) is 0.211. The molecule has 148 valence electrons. The Morgan fingerprint density at radius 3 is 2.14 bits per heavy atom. The molecule has 8 nitrogen and oxygen atoms in total. The third-order valence-corrected chi connectivity index (χ3v) is 4.70. The van der Waals surface area contributed by atoms with Crippen molar-refractivity contribution >= 4 is 40.3 Å². The molecule has 9 heteroatoms. The predicted molar refractivity (Wildman–Crippen MR) is 111 cm³/mol. The van der Waals surface area contributed by atoms with Crippen molar-refractivity contribution in [3.05, 3.63) is 56.7 Å². The minimum absolute atomic E-state index is 0.222. The van der Waals surface area contributed by atoms with Crippen LogP contribution in [-0.4, -0.2) is 38.5 Å². The first-order valence-corrected chi connectivity index (χ1v) is 9.28. The summed E-state index contributed by atoms with van der Waals surface area (Å²) in [6.07, 6.45) is 0. The van der Waals surface area contributed by atoms with Crippen molar-refractivity contribution < 1.29 is 23.9 Å². The molecule has 0 spiro atoms. The van der Waals surface area contributed by atoms with Crippen LogP contribution in [0, 0.1) is 3.57 Å². The van der Waals surface area contributed by atoms with Gasteiger partial charge in [-0.25, -0.2) is 0 Å². The third kappa shape index (κ3) is 5.59. The van der Waals surface area contributed by atoms with E-state index in [0.717, 1.165) is 9.13 Å². The Balaban J connectivity index is 2.01. The number of benzene rings is 2. The van der Waals surface area contributed by atoms with E-state index in [2.05, 4.69) is 33.2 Å². The van der Waals surface area contributed by atoms with E-state index in [1.165, 1.54) is 14.2 Å². The molecule has 0 unspecified atom stereocenters. The molecule has 0 aliphatic rings. The van der Waals surface area contributed by atoms with Gasteiger partial charge in [0, 0.05) is 15.7 Å². The van der Waals surface area contributed by atoms with Crippen LogP contribution in [0.25, 0.3) is 0 Å². The fourth-order valence-electron chi connectivity index (χ4n) is 2.35. The van der Waals surface area contributed by atoms with Crippen molar-refractivity contribution in [2.75, 3.05) is 20.8 Å². The van der Waals surface area contributed by atoms with E-state index in [4.69, 9.17) is 15.2 Å². The summed E-state index contributed by atoms with van der Waals surface area (Å²) in [6.45, 7) is 0.0625. The lowest BCUT2D eigenvalue weighted by molar-refractivity contribution is -0.117. The molecular formula is C19H20IN3O5. The maximum absolute atomic E-state index is 12.5. The second kappa shape index (κ2) is 9.93. The van der Waals surface area contributed by atoms with E-state index in [1.807, 2.05) is 0 Å². The van der Waals surface area contributed by atoms with Gasteiger partial charge >= 0.3 is 0 Å². The molecule has 0 atom stereocenters. The smallest absolute Gasteiger partial charge is 0.252 e. The first kappa shape index (κ1) is 21.5. The van der Waals surface area contributed by atoms with Crippen molar-refractivity contribution in [2.45, 2.75) is 6.54 Å². The summed E-state index contributed by atoms with van der Waals surface area (Å²) >= 11 is 2.06. The largest absolute Gasteiger partial charge is 0.493 e. The van der Waals surface area contributed by atoms with Crippen molar-refractivity contribution in [1.82, 2.24) is 10.6 Å². The highest BCUT2D eigenvalue weighted by Crippen LogP contribution is 2.31. The monoisotopic (exact) mass is 497 g/mol. The van der Waals surface area contributed by atoms with Gasteiger partial charge in [-0.05, 0) is 52.4 Å². The molecule has 0 heterocycles. The van der Waals surface area contributed by atoms with E-state index < -0.39 is 11.8 Å². The van der Waals surface area contributed by atoms with Gasteiger partial charge in [-0.2, -0.15) is 0 Å². The highest BCUT2D eigenvalue weighted by atomic mass is 127. The molecule has 0 aliphatic heterocycles. The quantitative estimate of drug-likeness (QED) is 0.477. The van der Waals surface area contributed by atoms with Crippen LogP contribution in [0.5, 0.6) is 11.5 Å². The minimum Gasteiger partial charge on any atom is -0.493 e. The van der Waals surface area contributed by atoms with Gasteiger partial charge in [0.1, 0.15) is 0 Å². The number of halogens is 1. The van der Waals surface area contributed by atoms with Crippen molar-refractivity contribution in [2.24, 2.45) is 5.73 Å². The zero-order valence-electron chi connectivity index (χ0n) is 15.4. The highest BCUT2D eigenvalue weighted by Gasteiger charge is 2.15. The van der Waals surface area contributed by atoms with Gasteiger partial charge in [-0.3, -0.25) is 14.4 Å². The lowest BCUT2D eigenvalue weighted by Crippen LogP contribution is -2.33. The molecule has 0 saturated carbocycles. The highest BCUT2D eigenvalue weighted by molar-refractivity contribution is 14.1. The number of methoxy groups -OCH3 is 2. The SMILES string of the molecule is COc1cc(I)c(C(=O)NCc2ccc(C(=O)NCC(N)=O)cc2)cc1OC. The molecule has 2 aromatic rings. The number of carbonyl (C=O) groups is 3. The average molecular weight is 497 g/mol.